The van der Waals surface area contributed by atoms with Gasteiger partial charge in [-0.05, 0) is 6.92 Å². The molecule has 58 valence electrons. The minimum Gasteiger partial charge on any atom is -0.192 e. The second kappa shape index (κ2) is 3.53. The first-order valence-corrected chi connectivity index (χ1v) is 4.63. The molecule has 1 rings (SSSR count). The monoisotopic (exact) mass is 205 g/mol. The van der Waals surface area contributed by atoms with Crippen molar-refractivity contribution in [2.75, 3.05) is 0 Å². The Kier molecular flexibility index (Phi) is 2.89. The van der Waals surface area contributed by atoms with Crippen LogP contribution in [0.2, 0.25) is 0 Å². The predicted octanol–water partition coefficient (Wildman–Crippen LogP) is 3.22. The van der Waals surface area contributed by atoms with Gasteiger partial charge < -0.3 is 0 Å². The summed E-state index contributed by atoms with van der Waals surface area (Å²) in [5.41, 5.74) is 0. The van der Waals surface area contributed by atoms with E-state index in [-0.39, 0.29) is 5.25 Å². The SMILES string of the molecule is CC1C=C(Cl)C(Cl)=C(C#N)S1. The molecule has 0 radical (unpaired) electrons. The molecule has 0 aliphatic carbocycles. The number of hydrogen-bond acceptors (Lipinski definition) is 2. The zero-order chi connectivity index (χ0) is 8.43. The highest BCUT2D eigenvalue weighted by Gasteiger charge is 2.17. The van der Waals surface area contributed by atoms with Gasteiger partial charge in [-0.2, -0.15) is 5.26 Å². The van der Waals surface area contributed by atoms with Crippen LogP contribution in [0.4, 0.5) is 0 Å². The Morgan fingerprint density at radius 2 is 2.27 bits per heavy atom. The largest absolute Gasteiger partial charge is 0.192 e. The molecule has 0 bridgehead atoms. The van der Waals surface area contributed by atoms with Crippen LogP contribution in [0.3, 0.4) is 0 Å². The van der Waals surface area contributed by atoms with Crippen LogP contribution < -0.4 is 0 Å². The maximum Gasteiger partial charge on any atom is 0.108 e. The molecule has 0 aromatic rings. The average molecular weight is 206 g/mol. The van der Waals surface area contributed by atoms with Crippen LogP contribution in [0.1, 0.15) is 6.92 Å². The third kappa shape index (κ3) is 1.93. The quantitative estimate of drug-likeness (QED) is 0.607. The first-order chi connectivity index (χ1) is 5.15. The highest BCUT2D eigenvalue weighted by atomic mass is 35.5. The lowest BCUT2D eigenvalue weighted by atomic mass is 10.3. The van der Waals surface area contributed by atoms with Crippen molar-refractivity contribution in [1.29, 1.82) is 5.26 Å². The molecule has 0 aromatic carbocycles. The number of rotatable bonds is 0. The van der Waals surface area contributed by atoms with Crippen LogP contribution in [0.5, 0.6) is 0 Å². The topological polar surface area (TPSA) is 23.8 Å². The van der Waals surface area contributed by atoms with Crippen LogP contribution >= 0.6 is 35.0 Å². The van der Waals surface area contributed by atoms with Crippen molar-refractivity contribution in [2.24, 2.45) is 0 Å². The van der Waals surface area contributed by atoms with E-state index in [9.17, 15) is 0 Å². The molecule has 0 fully saturated rings. The molecule has 11 heavy (non-hydrogen) atoms. The van der Waals surface area contributed by atoms with Gasteiger partial charge in [-0.1, -0.05) is 29.3 Å². The van der Waals surface area contributed by atoms with Crippen molar-refractivity contribution in [3.8, 4) is 6.07 Å². The summed E-state index contributed by atoms with van der Waals surface area (Å²) in [5, 5.41) is 9.69. The molecule has 0 amide bonds. The van der Waals surface area contributed by atoms with Gasteiger partial charge in [0.15, 0.2) is 0 Å². The van der Waals surface area contributed by atoms with Gasteiger partial charge in [-0.15, -0.1) is 11.8 Å². The molecule has 0 aromatic heterocycles. The van der Waals surface area contributed by atoms with Gasteiger partial charge in [-0.3, -0.25) is 0 Å². The Hall–Kier alpha value is -0.100. The summed E-state index contributed by atoms with van der Waals surface area (Å²) in [6.45, 7) is 1.97. The average Bonchev–Trinajstić information content (AvgIpc) is 1.96. The summed E-state index contributed by atoms with van der Waals surface area (Å²) in [7, 11) is 0. The highest BCUT2D eigenvalue weighted by molar-refractivity contribution is 8.04. The number of nitriles is 1. The predicted molar refractivity (Wildman–Crippen MR) is 49.5 cm³/mol. The zero-order valence-corrected chi connectivity index (χ0v) is 8.09. The molecule has 0 N–H and O–H groups in total. The summed E-state index contributed by atoms with van der Waals surface area (Å²) in [6.07, 6.45) is 1.83. The molecule has 1 heterocycles. The number of nitrogens with zero attached hydrogens (tertiary/aromatic N) is 1. The molecule has 1 unspecified atom stereocenters. The Morgan fingerprint density at radius 1 is 1.64 bits per heavy atom. The smallest absolute Gasteiger partial charge is 0.108 e. The van der Waals surface area contributed by atoms with Crippen LogP contribution in [0, 0.1) is 11.3 Å². The molecule has 0 spiro atoms. The maximum atomic E-state index is 8.60. The number of thioether (sulfide) groups is 1. The van der Waals surface area contributed by atoms with E-state index in [0.29, 0.717) is 15.0 Å². The maximum absolute atomic E-state index is 8.60. The number of allylic oxidation sites excluding steroid dienone is 3. The van der Waals surface area contributed by atoms with E-state index in [4.69, 9.17) is 28.5 Å². The lowest BCUT2D eigenvalue weighted by Gasteiger charge is -2.12. The highest BCUT2D eigenvalue weighted by Crippen LogP contribution is 2.37. The van der Waals surface area contributed by atoms with E-state index in [1.807, 2.05) is 19.1 Å². The van der Waals surface area contributed by atoms with Crippen molar-refractivity contribution in [2.45, 2.75) is 12.2 Å². The molecular formula is C7H5Cl2NS. The lowest BCUT2D eigenvalue weighted by Crippen LogP contribution is -1.98. The van der Waals surface area contributed by atoms with Gasteiger partial charge in [0.2, 0.25) is 0 Å². The number of hydrogen-bond donors (Lipinski definition) is 0. The summed E-state index contributed by atoms with van der Waals surface area (Å²) >= 11 is 12.9. The Bertz CT molecular complexity index is 275. The van der Waals surface area contributed by atoms with Crippen LogP contribution in [-0.2, 0) is 0 Å². The fourth-order valence-electron chi connectivity index (χ4n) is 0.735. The first kappa shape index (κ1) is 8.99. The van der Waals surface area contributed by atoms with E-state index in [1.54, 1.807) is 0 Å². The molecule has 4 heteroatoms. The molecule has 1 aliphatic rings. The summed E-state index contributed by atoms with van der Waals surface area (Å²) in [5.74, 6) is 0. The second-order valence-electron chi connectivity index (χ2n) is 2.09. The summed E-state index contributed by atoms with van der Waals surface area (Å²) in [6, 6.07) is 2.00. The Balaban J connectivity index is 3.02. The van der Waals surface area contributed by atoms with Gasteiger partial charge in [0.1, 0.15) is 11.0 Å². The third-order valence-electron chi connectivity index (χ3n) is 1.20. The van der Waals surface area contributed by atoms with Crippen LogP contribution in [0.25, 0.3) is 0 Å². The van der Waals surface area contributed by atoms with Gasteiger partial charge in [0.05, 0.1) is 10.1 Å². The minimum absolute atomic E-state index is 0.236. The molecule has 1 atom stereocenters. The van der Waals surface area contributed by atoms with Crippen molar-refractivity contribution < 1.29 is 0 Å². The van der Waals surface area contributed by atoms with Gasteiger partial charge >= 0.3 is 0 Å². The molecule has 1 aliphatic heterocycles. The standard InChI is InChI=1S/C7H5Cl2NS/c1-4-2-5(8)7(9)6(3-10)11-4/h2,4H,1H3. The molecule has 0 saturated heterocycles. The fraction of sp³-hybridized carbons (Fsp3) is 0.286. The van der Waals surface area contributed by atoms with Crippen molar-refractivity contribution >= 4 is 35.0 Å². The van der Waals surface area contributed by atoms with Crippen molar-refractivity contribution in [3.05, 3.63) is 21.0 Å². The number of halogens is 2. The fourth-order valence-corrected chi connectivity index (χ4v) is 2.23. The van der Waals surface area contributed by atoms with Crippen molar-refractivity contribution in [1.82, 2.24) is 0 Å². The molecule has 1 nitrogen and oxygen atoms in total. The Labute approximate surface area is 79.7 Å². The van der Waals surface area contributed by atoms with Crippen LogP contribution in [-0.4, -0.2) is 5.25 Å². The second-order valence-corrected chi connectivity index (χ2v) is 4.27. The van der Waals surface area contributed by atoms with E-state index < -0.39 is 0 Å². The van der Waals surface area contributed by atoms with E-state index in [0.717, 1.165) is 0 Å². The summed E-state index contributed by atoms with van der Waals surface area (Å²) in [4.78, 5) is 0.506. The van der Waals surface area contributed by atoms with Crippen LogP contribution in [0.15, 0.2) is 21.0 Å². The van der Waals surface area contributed by atoms with E-state index >= 15 is 0 Å². The van der Waals surface area contributed by atoms with Crippen molar-refractivity contribution in [3.63, 3.8) is 0 Å². The zero-order valence-electron chi connectivity index (χ0n) is 5.77. The van der Waals surface area contributed by atoms with Gasteiger partial charge in [-0.25, -0.2) is 0 Å². The van der Waals surface area contributed by atoms with Gasteiger partial charge in [0.25, 0.3) is 0 Å². The lowest BCUT2D eigenvalue weighted by molar-refractivity contribution is 1.23. The Morgan fingerprint density at radius 3 is 2.82 bits per heavy atom. The first-order valence-electron chi connectivity index (χ1n) is 2.99. The summed E-state index contributed by atoms with van der Waals surface area (Å²) < 4.78 is 0. The molecule has 0 saturated carbocycles. The van der Waals surface area contributed by atoms with Gasteiger partial charge in [0, 0.05) is 5.25 Å². The molecular weight excluding hydrogens is 201 g/mol. The normalized spacial score (nSPS) is 24.5. The minimum atomic E-state index is 0.236. The van der Waals surface area contributed by atoms with E-state index in [1.165, 1.54) is 11.8 Å². The van der Waals surface area contributed by atoms with E-state index in [2.05, 4.69) is 0 Å². The third-order valence-corrected chi connectivity index (χ3v) is 3.15.